The highest BCUT2D eigenvalue weighted by Crippen LogP contribution is 2.46. The first-order chi connectivity index (χ1) is 5.70. The largest absolute Gasteiger partial charge is 0.316 e. The maximum atomic E-state index is 3.52. The minimum Gasteiger partial charge on any atom is -0.316 e. The summed E-state index contributed by atoms with van der Waals surface area (Å²) < 4.78 is 0. The van der Waals surface area contributed by atoms with Gasteiger partial charge in [-0.25, -0.2) is 0 Å². The molecule has 1 aliphatic carbocycles. The Kier molecular flexibility index (Phi) is 2.16. The van der Waals surface area contributed by atoms with Gasteiger partial charge in [0.2, 0.25) is 0 Å². The lowest BCUT2D eigenvalue weighted by atomic mass is 9.61. The summed E-state index contributed by atoms with van der Waals surface area (Å²) in [6.07, 6.45) is 5.79. The Morgan fingerprint density at radius 2 is 2.08 bits per heavy atom. The van der Waals surface area contributed by atoms with Crippen molar-refractivity contribution in [3.63, 3.8) is 0 Å². The smallest absolute Gasteiger partial charge is 0.00177 e. The van der Waals surface area contributed by atoms with Crippen molar-refractivity contribution in [2.45, 2.75) is 39.5 Å². The summed E-state index contributed by atoms with van der Waals surface area (Å²) in [6, 6.07) is 0. The topological polar surface area (TPSA) is 12.0 Å². The molecule has 1 heterocycles. The maximum absolute atomic E-state index is 3.52. The Labute approximate surface area is 75.9 Å². The Balaban J connectivity index is 2.09. The van der Waals surface area contributed by atoms with Crippen LogP contribution >= 0.6 is 0 Å². The molecule has 0 aromatic rings. The molecule has 1 saturated heterocycles. The zero-order valence-corrected chi connectivity index (χ0v) is 8.40. The second-order valence-electron chi connectivity index (χ2n) is 5.24. The lowest BCUT2D eigenvalue weighted by molar-refractivity contribution is 0.0493. The van der Waals surface area contributed by atoms with Gasteiger partial charge < -0.3 is 5.32 Å². The van der Waals surface area contributed by atoms with Gasteiger partial charge in [0.15, 0.2) is 0 Å². The van der Waals surface area contributed by atoms with E-state index in [-0.39, 0.29) is 0 Å². The number of hydrogen-bond acceptors (Lipinski definition) is 1. The normalized spacial score (nSPS) is 40.5. The fourth-order valence-electron chi connectivity index (χ4n) is 3.26. The lowest BCUT2D eigenvalue weighted by Gasteiger charge is -2.47. The van der Waals surface area contributed by atoms with E-state index in [0.717, 1.165) is 11.8 Å². The molecule has 0 aromatic carbocycles. The minimum atomic E-state index is 0.630. The highest BCUT2D eigenvalue weighted by atomic mass is 14.9. The molecule has 1 nitrogen and oxygen atoms in total. The van der Waals surface area contributed by atoms with Gasteiger partial charge >= 0.3 is 0 Å². The molecule has 70 valence electrons. The average molecular weight is 167 g/mol. The first kappa shape index (κ1) is 8.55. The SMILES string of the molecule is CC1(C)CCC[C@H]2CNCC[C@@H]21. The molecule has 1 N–H and O–H groups in total. The van der Waals surface area contributed by atoms with E-state index in [1.54, 1.807) is 0 Å². The van der Waals surface area contributed by atoms with Gasteiger partial charge in [0, 0.05) is 0 Å². The number of piperidine rings is 1. The van der Waals surface area contributed by atoms with Crippen molar-refractivity contribution in [2.24, 2.45) is 17.3 Å². The molecule has 1 aliphatic heterocycles. The van der Waals surface area contributed by atoms with Crippen LogP contribution in [-0.4, -0.2) is 13.1 Å². The average Bonchev–Trinajstić information content (AvgIpc) is 2.04. The summed E-state index contributed by atoms with van der Waals surface area (Å²) in [7, 11) is 0. The highest BCUT2D eigenvalue weighted by molar-refractivity contribution is 4.91. The summed E-state index contributed by atoms with van der Waals surface area (Å²) in [5, 5.41) is 3.52. The summed E-state index contributed by atoms with van der Waals surface area (Å²) in [6.45, 7) is 7.48. The molecule has 0 bridgehead atoms. The third kappa shape index (κ3) is 1.39. The third-order valence-electron chi connectivity index (χ3n) is 4.01. The van der Waals surface area contributed by atoms with E-state index in [2.05, 4.69) is 19.2 Å². The predicted octanol–water partition coefficient (Wildman–Crippen LogP) is 2.42. The van der Waals surface area contributed by atoms with Gasteiger partial charge in [-0.05, 0) is 49.6 Å². The minimum absolute atomic E-state index is 0.630. The van der Waals surface area contributed by atoms with Crippen LogP contribution in [-0.2, 0) is 0 Å². The van der Waals surface area contributed by atoms with Gasteiger partial charge in [0.25, 0.3) is 0 Å². The van der Waals surface area contributed by atoms with Crippen LogP contribution < -0.4 is 5.32 Å². The molecular formula is C11H21N. The molecule has 0 radical (unpaired) electrons. The molecule has 1 heteroatoms. The second kappa shape index (κ2) is 3.02. The van der Waals surface area contributed by atoms with Gasteiger partial charge in [-0.3, -0.25) is 0 Å². The van der Waals surface area contributed by atoms with Crippen LogP contribution in [0.3, 0.4) is 0 Å². The van der Waals surface area contributed by atoms with Crippen molar-refractivity contribution in [3.8, 4) is 0 Å². The molecule has 1 saturated carbocycles. The maximum Gasteiger partial charge on any atom is -0.00177 e. The third-order valence-corrected chi connectivity index (χ3v) is 4.01. The number of rotatable bonds is 0. The Bertz CT molecular complexity index is 160. The van der Waals surface area contributed by atoms with Crippen molar-refractivity contribution in [3.05, 3.63) is 0 Å². The number of nitrogens with one attached hydrogen (secondary N) is 1. The summed E-state index contributed by atoms with van der Waals surface area (Å²) >= 11 is 0. The van der Waals surface area contributed by atoms with E-state index in [1.165, 1.54) is 38.8 Å². The monoisotopic (exact) mass is 167 g/mol. The van der Waals surface area contributed by atoms with Crippen molar-refractivity contribution in [1.29, 1.82) is 0 Å². The molecule has 2 rings (SSSR count). The molecular weight excluding hydrogens is 146 g/mol. The quantitative estimate of drug-likeness (QED) is 0.584. The summed E-state index contributed by atoms with van der Waals surface area (Å²) in [5.41, 5.74) is 0.630. The van der Waals surface area contributed by atoms with E-state index in [9.17, 15) is 0 Å². The van der Waals surface area contributed by atoms with Crippen molar-refractivity contribution in [1.82, 2.24) is 5.32 Å². The molecule has 0 unspecified atom stereocenters. The van der Waals surface area contributed by atoms with E-state index < -0.39 is 0 Å². The van der Waals surface area contributed by atoms with Crippen molar-refractivity contribution in [2.75, 3.05) is 13.1 Å². The first-order valence-corrected chi connectivity index (χ1v) is 5.41. The zero-order valence-electron chi connectivity index (χ0n) is 8.40. The summed E-state index contributed by atoms with van der Waals surface area (Å²) in [5.74, 6) is 2.00. The van der Waals surface area contributed by atoms with E-state index >= 15 is 0 Å². The number of fused-ring (bicyclic) bond motifs is 1. The molecule has 2 atom stereocenters. The molecule has 2 aliphatic rings. The second-order valence-corrected chi connectivity index (χ2v) is 5.24. The fourth-order valence-corrected chi connectivity index (χ4v) is 3.26. The fraction of sp³-hybridized carbons (Fsp3) is 1.00. The van der Waals surface area contributed by atoms with Crippen LogP contribution in [0, 0.1) is 17.3 Å². The van der Waals surface area contributed by atoms with Crippen molar-refractivity contribution < 1.29 is 0 Å². The van der Waals surface area contributed by atoms with Crippen LogP contribution in [0.25, 0.3) is 0 Å². The molecule has 2 fully saturated rings. The van der Waals surface area contributed by atoms with Crippen LogP contribution in [0.5, 0.6) is 0 Å². The van der Waals surface area contributed by atoms with Gasteiger partial charge in [-0.15, -0.1) is 0 Å². The Morgan fingerprint density at radius 3 is 2.83 bits per heavy atom. The summed E-state index contributed by atoms with van der Waals surface area (Å²) in [4.78, 5) is 0. The molecule has 0 spiro atoms. The first-order valence-electron chi connectivity index (χ1n) is 5.41. The highest BCUT2D eigenvalue weighted by Gasteiger charge is 2.39. The van der Waals surface area contributed by atoms with Gasteiger partial charge in [-0.2, -0.15) is 0 Å². The molecule has 0 aromatic heterocycles. The Morgan fingerprint density at radius 1 is 1.25 bits per heavy atom. The van der Waals surface area contributed by atoms with Crippen LogP contribution in [0.4, 0.5) is 0 Å². The molecule has 12 heavy (non-hydrogen) atoms. The zero-order chi connectivity index (χ0) is 8.60. The van der Waals surface area contributed by atoms with Crippen molar-refractivity contribution >= 4 is 0 Å². The van der Waals surface area contributed by atoms with Gasteiger partial charge in [-0.1, -0.05) is 20.3 Å². The Hall–Kier alpha value is -0.0400. The number of hydrogen-bond donors (Lipinski definition) is 1. The van der Waals surface area contributed by atoms with Crippen LogP contribution in [0.2, 0.25) is 0 Å². The van der Waals surface area contributed by atoms with Gasteiger partial charge in [0.1, 0.15) is 0 Å². The van der Waals surface area contributed by atoms with E-state index in [0.29, 0.717) is 5.41 Å². The van der Waals surface area contributed by atoms with E-state index in [4.69, 9.17) is 0 Å². The predicted molar refractivity (Wildman–Crippen MR) is 52.1 cm³/mol. The molecule has 0 amide bonds. The van der Waals surface area contributed by atoms with Crippen LogP contribution in [0.1, 0.15) is 39.5 Å². The van der Waals surface area contributed by atoms with E-state index in [1.807, 2.05) is 0 Å². The lowest BCUT2D eigenvalue weighted by Crippen LogP contribution is -2.45. The van der Waals surface area contributed by atoms with Crippen LogP contribution in [0.15, 0.2) is 0 Å². The standard InChI is InChI=1S/C11H21N/c1-11(2)6-3-4-9-8-12-7-5-10(9)11/h9-10,12H,3-8H2,1-2H3/t9-,10-/m0/s1. The van der Waals surface area contributed by atoms with Gasteiger partial charge in [0.05, 0.1) is 0 Å².